The van der Waals surface area contributed by atoms with Crippen molar-refractivity contribution >= 4 is 17.3 Å². The third-order valence-electron chi connectivity index (χ3n) is 6.45. The van der Waals surface area contributed by atoms with Crippen LogP contribution in [0.1, 0.15) is 22.3 Å². The summed E-state index contributed by atoms with van der Waals surface area (Å²) in [4.78, 5) is 17.3. The fraction of sp³-hybridized carbons (Fsp3) is 0.250. The highest BCUT2D eigenvalue weighted by Gasteiger charge is 2.24. The van der Waals surface area contributed by atoms with Crippen LogP contribution >= 0.6 is 0 Å². The van der Waals surface area contributed by atoms with Gasteiger partial charge in [0.05, 0.1) is 0 Å². The van der Waals surface area contributed by atoms with E-state index >= 15 is 0 Å². The van der Waals surface area contributed by atoms with Gasteiger partial charge in [-0.3, -0.25) is 4.79 Å². The average Bonchev–Trinajstić information content (AvgIpc) is 3.55. The second-order valence-corrected chi connectivity index (χ2v) is 9.22. The summed E-state index contributed by atoms with van der Waals surface area (Å²) in [7, 11) is 4.27. The number of nitrogens with zero attached hydrogens (tertiary/aromatic N) is 4. The van der Waals surface area contributed by atoms with Crippen LogP contribution in [0.15, 0.2) is 77.2 Å². The number of amides is 1. The molecule has 1 N–H and O–H groups in total. The number of nitrogens with one attached hydrogen (secondary N) is 1. The zero-order valence-electron chi connectivity index (χ0n) is 20.2. The van der Waals surface area contributed by atoms with Gasteiger partial charge in [-0.05, 0) is 82.0 Å². The molecule has 2 heterocycles. The number of likely N-dealkylation sites (N-methyl/N-ethyl adjacent to an activating group) is 1. The van der Waals surface area contributed by atoms with Crippen LogP contribution in [0.2, 0.25) is 0 Å². The second-order valence-electron chi connectivity index (χ2n) is 9.22. The van der Waals surface area contributed by atoms with Crippen molar-refractivity contribution in [3.63, 3.8) is 0 Å². The SMILES string of the molecule is Cc1cccc(C(=O)Nc2cccc(-c3nnc(-c4ccc(N5CCC(N(C)C)C5)cc4)o3)c2)c1. The molecular weight excluding hydrogens is 438 g/mol. The number of benzene rings is 3. The third-order valence-corrected chi connectivity index (χ3v) is 6.45. The zero-order chi connectivity index (χ0) is 24.4. The summed E-state index contributed by atoms with van der Waals surface area (Å²) in [5, 5.41) is 11.4. The molecule has 0 aliphatic carbocycles. The molecule has 1 saturated heterocycles. The summed E-state index contributed by atoms with van der Waals surface area (Å²) in [5.74, 6) is 0.713. The maximum atomic E-state index is 12.6. The Labute approximate surface area is 205 Å². The Bertz CT molecular complexity index is 1330. The molecule has 1 aliphatic heterocycles. The van der Waals surface area contributed by atoms with Gasteiger partial charge in [-0.2, -0.15) is 0 Å². The van der Waals surface area contributed by atoms with E-state index in [1.807, 2.05) is 61.5 Å². The van der Waals surface area contributed by atoms with E-state index in [1.165, 1.54) is 12.1 Å². The van der Waals surface area contributed by atoms with Gasteiger partial charge in [-0.1, -0.05) is 23.8 Å². The van der Waals surface area contributed by atoms with Gasteiger partial charge in [0.2, 0.25) is 11.8 Å². The molecule has 0 saturated carbocycles. The second kappa shape index (κ2) is 9.72. The molecule has 0 spiro atoms. The zero-order valence-corrected chi connectivity index (χ0v) is 20.2. The van der Waals surface area contributed by atoms with Crippen LogP contribution in [0, 0.1) is 6.92 Å². The first-order valence-corrected chi connectivity index (χ1v) is 11.8. The quantitative estimate of drug-likeness (QED) is 0.425. The lowest BCUT2D eigenvalue weighted by Gasteiger charge is -2.21. The highest BCUT2D eigenvalue weighted by atomic mass is 16.4. The van der Waals surface area contributed by atoms with E-state index < -0.39 is 0 Å². The minimum Gasteiger partial charge on any atom is -0.416 e. The van der Waals surface area contributed by atoms with Crippen molar-refractivity contribution in [3.8, 4) is 22.9 Å². The lowest BCUT2D eigenvalue weighted by atomic mass is 10.1. The van der Waals surface area contributed by atoms with E-state index in [0.717, 1.165) is 29.8 Å². The molecule has 3 aromatic carbocycles. The predicted octanol–water partition coefficient (Wildman–Crippen LogP) is 5.10. The molecule has 0 bridgehead atoms. The summed E-state index contributed by atoms with van der Waals surface area (Å²) in [5.41, 5.74) is 5.14. The van der Waals surface area contributed by atoms with Crippen molar-refractivity contribution in [1.29, 1.82) is 0 Å². The van der Waals surface area contributed by atoms with Crippen LogP contribution in [0.3, 0.4) is 0 Å². The molecular formula is C28H29N5O2. The van der Waals surface area contributed by atoms with Crippen molar-refractivity contribution in [2.45, 2.75) is 19.4 Å². The van der Waals surface area contributed by atoms with Crippen molar-refractivity contribution in [2.75, 3.05) is 37.4 Å². The van der Waals surface area contributed by atoms with Crippen LogP contribution in [-0.4, -0.2) is 54.2 Å². The van der Waals surface area contributed by atoms with E-state index in [0.29, 0.717) is 29.1 Å². The van der Waals surface area contributed by atoms with Gasteiger partial charge in [0, 0.05) is 47.2 Å². The van der Waals surface area contributed by atoms with Crippen LogP contribution in [0.25, 0.3) is 22.9 Å². The van der Waals surface area contributed by atoms with Crippen molar-refractivity contribution in [3.05, 3.63) is 83.9 Å². The number of aromatic nitrogens is 2. The lowest BCUT2D eigenvalue weighted by Crippen LogP contribution is -2.31. The van der Waals surface area contributed by atoms with Gasteiger partial charge in [0.15, 0.2) is 0 Å². The summed E-state index contributed by atoms with van der Waals surface area (Å²) in [6.45, 7) is 4.06. The molecule has 0 radical (unpaired) electrons. The van der Waals surface area contributed by atoms with E-state index in [-0.39, 0.29) is 5.91 Å². The standard InChI is InChI=1S/C28H29N5O2/c1-19-6-4-7-21(16-19)26(34)29-23-9-5-8-22(17-23)28-31-30-27(35-28)20-10-12-24(13-11-20)33-15-14-25(18-33)32(2)3/h4-13,16-17,25H,14-15,18H2,1-3H3,(H,29,34). The van der Waals surface area contributed by atoms with E-state index in [4.69, 9.17) is 4.42 Å². The fourth-order valence-electron chi connectivity index (χ4n) is 4.39. The Hall–Kier alpha value is -3.97. The van der Waals surface area contributed by atoms with Crippen LogP contribution in [0.4, 0.5) is 11.4 Å². The maximum Gasteiger partial charge on any atom is 0.255 e. The number of carbonyl (C=O) groups excluding carboxylic acids is 1. The molecule has 5 rings (SSSR count). The Balaban J connectivity index is 1.29. The Morgan fingerprint density at radius 3 is 2.43 bits per heavy atom. The van der Waals surface area contributed by atoms with Gasteiger partial charge in [0.25, 0.3) is 5.91 Å². The lowest BCUT2D eigenvalue weighted by molar-refractivity contribution is 0.102. The Kier molecular flexibility index (Phi) is 6.33. The van der Waals surface area contributed by atoms with Gasteiger partial charge in [-0.15, -0.1) is 10.2 Å². The number of rotatable bonds is 6. The van der Waals surface area contributed by atoms with E-state index in [1.54, 1.807) is 6.07 Å². The molecule has 7 nitrogen and oxygen atoms in total. The molecule has 1 atom stereocenters. The van der Waals surface area contributed by atoms with Crippen LogP contribution in [-0.2, 0) is 0 Å². The summed E-state index contributed by atoms with van der Waals surface area (Å²) >= 11 is 0. The minimum atomic E-state index is -0.160. The monoisotopic (exact) mass is 467 g/mol. The van der Waals surface area contributed by atoms with Crippen LogP contribution in [0.5, 0.6) is 0 Å². The molecule has 178 valence electrons. The van der Waals surface area contributed by atoms with E-state index in [9.17, 15) is 4.79 Å². The van der Waals surface area contributed by atoms with E-state index in [2.05, 4.69) is 51.5 Å². The van der Waals surface area contributed by atoms with Crippen LogP contribution < -0.4 is 10.2 Å². The van der Waals surface area contributed by atoms with Gasteiger partial charge in [-0.25, -0.2) is 0 Å². The molecule has 1 fully saturated rings. The first-order valence-electron chi connectivity index (χ1n) is 11.8. The predicted molar refractivity (Wildman–Crippen MR) is 139 cm³/mol. The molecule has 35 heavy (non-hydrogen) atoms. The number of anilines is 2. The first kappa shape index (κ1) is 22.8. The Morgan fingerprint density at radius 2 is 1.71 bits per heavy atom. The number of hydrogen-bond donors (Lipinski definition) is 1. The van der Waals surface area contributed by atoms with Crippen molar-refractivity contribution < 1.29 is 9.21 Å². The highest BCUT2D eigenvalue weighted by molar-refractivity contribution is 6.04. The van der Waals surface area contributed by atoms with Gasteiger partial charge in [0.1, 0.15) is 0 Å². The number of hydrogen-bond acceptors (Lipinski definition) is 6. The van der Waals surface area contributed by atoms with Crippen molar-refractivity contribution in [1.82, 2.24) is 15.1 Å². The molecule has 1 unspecified atom stereocenters. The smallest absolute Gasteiger partial charge is 0.255 e. The minimum absolute atomic E-state index is 0.160. The Morgan fingerprint density at radius 1 is 0.971 bits per heavy atom. The molecule has 7 heteroatoms. The first-order chi connectivity index (χ1) is 17.0. The summed E-state index contributed by atoms with van der Waals surface area (Å²) in [6.07, 6.45) is 1.17. The maximum absolute atomic E-state index is 12.6. The largest absolute Gasteiger partial charge is 0.416 e. The normalized spacial score (nSPS) is 15.5. The topological polar surface area (TPSA) is 74.5 Å². The summed E-state index contributed by atoms with van der Waals surface area (Å²) in [6, 6.07) is 23.8. The van der Waals surface area contributed by atoms with Gasteiger partial charge >= 0.3 is 0 Å². The number of aryl methyl sites for hydroxylation is 1. The molecule has 4 aromatic rings. The average molecular weight is 468 g/mol. The van der Waals surface area contributed by atoms with Gasteiger partial charge < -0.3 is 19.5 Å². The molecule has 1 aromatic heterocycles. The summed E-state index contributed by atoms with van der Waals surface area (Å²) < 4.78 is 5.97. The number of carbonyl (C=O) groups is 1. The molecule has 1 amide bonds. The van der Waals surface area contributed by atoms with Crippen molar-refractivity contribution in [2.24, 2.45) is 0 Å². The fourth-order valence-corrected chi connectivity index (χ4v) is 4.39. The third kappa shape index (κ3) is 5.10. The molecule has 1 aliphatic rings. The highest BCUT2D eigenvalue weighted by Crippen LogP contribution is 2.28.